The molecule has 236 valence electrons. The van der Waals surface area contributed by atoms with Crippen LogP contribution in [0, 0.1) is 5.82 Å². The van der Waals surface area contributed by atoms with Gasteiger partial charge in [-0.1, -0.05) is 17.7 Å². The predicted octanol–water partition coefficient (Wildman–Crippen LogP) is 4.85. The molecule has 2 heterocycles. The molecule has 1 amide bonds. The van der Waals surface area contributed by atoms with Crippen molar-refractivity contribution in [1.29, 1.82) is 0 Å². The van der Waals surface area contributed by atoms with Crippen molar-refractivity contribution < 1.29 is 33.3 Å². The number of aliphatic hydroxyl groups is 1. The molecule has 11 nitrogen and oxygen atoms in total. The number of esters is 1. The van der Waals surface area contributed by atoms with Gasteiger partial charge in [-0.3, -0.25) is 14.5 Å². The fourth-order valence-corrected chi connectivity index (χ4v) is 4.85. The van der Waals surface area contributed by atoms with Crippen molar-refractivity contribution in [2.45, 2.75) is 45.3 Å². The van der Waals surface area contributed by atoms with Gasteiger partial charge in [0.25, 0.3) is 0 Å². The lowest BCUT2D eigenvalue weighted by Gasteiger charge is -2.27. The lowest BCUT2D eigenvalue weighted by atomic mass is 10.1. The Morgan fingerprint density at radius 3 is 2.70 bits per heavy atom. The molecule has 0 bridgehead atoms. The minimum atomic E-state index is -1.06. The van der Waals surface area contributed by atoms with Crippen molar-refractivity contribution in [2.75, 3.05) is 50.1 Å². The van der Waals surface area contributed by atoms with E-state index < -0.39 is 23.3 Å². The first-order chi connectivity index (χ1) is 21.0. The van der Waals surface area contributed by atoms with E-state index in [2.05, 4.69) is 20.6 Å². The summed E-state index contributed by atoms with van der Waals surface area (Å²) >= 11 is 5.96. The lowest BCUT2D eigenvalue weighted by Crippen LogP contribution is -2.41. The number of aromatic nitrogens is 2. The second-order valence-corrected chi connectivity index (χ2v) is 11.4. The normalized spacial score (nSPS) is 14.2. The van der Waals surface area contributed by atoms with Gasteiger partial charge in [0.05, 0.1) is 48.2 Å². The van der Waals surface area contributed by atoms with E-state index in [1.54, 1.807) is 43.9 Å². The van der Waals surface area contributed by atoms with Crippen LogP contribution in [0.15, 0.2) is 48.8 Å². The van der Waals surface area contributed by atoms with Crippen LogP contribution in [0.25, 0.3) is 10.9 Å². The summed E-state index contributed by atoms with van der Waals surface area (Å²) in [6.07, 6.45) is 5.65. The van der Waals surface area contributed by atoms with Crippen LogP contribution < -0.4 is 15.4 Å². The summed E-state index contributed by atoms with van der Waals surface area (Å²) in [4.78, 5) is 35.6. The molecule has 0 unspecified atom stereocenters. The van der Waals surface area contributed by atoms with Crippen LogP contribution in [0.1, 0.15) is 33.6 Å². The van der Waals surface area contributed by atoms with Gasteiger partial charge in [0.15, 0.2) is 0 Å². The number of carbonyl (C=O) groups excluding carboxylic acids is 2. The standard InChI is InChI=1S/C31H37ClFN5O6/c1-4-43-29(40)17-38(18-31(2,3)41)11-5-6-28(39)37-26-15-22-25(16-27(26)44-21-9-12-42-13-10-21)34-19-35-30(22)36-20-7-8-24(33)23(32)14-20/h5-8,14-16,19,21,41H,4,9-13,17-18H2,1-3H3,(H,37,39)(H,34,35,36). The Labute approximate surface area is 260 Å². The third kappa shape index (κ3) is 9.84. The smallest absolute Gasteiger partial charge is 0.320 e. The Kier molecular flexibility index (Phi) is 11.5. The first-order valence-corrected chi connectivity index (χ1v) is 14.7. The van der Waals surface area contributed by atoms with Gasteiger partial charge in [-0.15, -0.1) is 0 Å². The maximum Gasteiger partial charge on any atom is 0.320 e. The van der Waals surface area contributed by atoms with Crippen molar-refractivity contribution in [3.05, 3.63) is 59.7 Å². The van der Waals surface area contributed by atoms with E-state index >= 15 is 0 Å². The number of nitrogens with one attached hydrogen (secondary N) is 2. The van der Waals surface area contributed by atoms with Gasteiger partial charge < -0.3 is 30.0 Å². The number of ether oxygens (including phenoxy) is 3. The monoisotopic (exact) mass is 629 g/mol. The summed E-state index contributed by atoms with van der Waals surface area (Å²) in [5.74, 6) is -0.539. The summed E-state index contributed by atoms with van der Waals surface area (Å²) in [7, 11) is 0. The van der Waals surface area contributed by atoms with E-state index in [0.29, 0.717) is 59.9 Å². The van der Waals surface area contributed by atoms with Crippen molar-refractivity contribution in [2.24, 2.45) is 0 Å². The predicted molar refractivity (Wildman–Crippen MR) is 166 cm³/mol. The van der Waals surface area contributed by atoms with Gasteiger partial charge in [-0.2, -0.15) is 0 Å². The van der Waals surface area contributed by atoms with Crippen LogP contribution in [0.4, 0.5) is 21.6 Å². The highest BCUT2D eigenvalue weighted by molar-refractivity contribution is 6.31. The molecule has 0 aliphatic carbocycles. The van der Waals surface area contributed by atoms with Gasteiger partial charge in [-0.25, -0.2) is 14.4 Å². The van der Waals surface area contributed by atoms with E-state index in [-0.39, 0.29) is 37.4 Å². The maximum atomic E-state index is 13.7. The van der Waals surface area contributed by atoms with Crippen LogP contribution in [0.3, 0.4) is 0 Å². The fourth-order valence-electron chi connectivity index (χ4n) is 4.67. The average molecular weight is 630 g/mol. The first kappa shape index (κ1) is 33.1. The minimum absolute atomic E-state index is 0.0351. The third-order valence-corrected chi connectivity index (χ3v) is 6.83. The minimum Gasteiger partial charge on any atom is -0.488 e. The molecule has 1 saturated heterocycles. The number of hydrogen-bond acceptors (Lipinski definition) is 10. The number of benzene rings is 2. The molecule has 13 heteroatoms. The SMILES string of the molecule is CCOC(=O)CN(CC=CC(=O)Nc1cc2c(Nc3ccc(F)c(Cl)c3)ncnc2cc1OC1CCOCC1)CC(C)(C)O. The zero-order valence-electron chi connectivity index (χ0n) is 24.9. The molecular weight excluding hydrogens is 593 g/mol. The summed E-state index contributed by atoms with van der Waals surface area (Å²) in [5, 5.41) is 16.8. The molecule has 44 heavy (non-hydrogen) atoms. The van der Waals surface area contributed by atoms with E-state index in [1.165, 1.54) is 30.6 Å². The number of halogens is 2. The van der Waals surface area contributed by atoms with Gasteiger partial charge in [0.1, 0.15) is 29.8 Å². The molecule has 0 radical (unpaired) electrons. The highest BCUT2D eigenvalue weighted by Crippen LogP contribution is 2.35. The number of anilines is 3. The molecular formula is C31H37ClFN5O6. The quantitative estimate of drug-likeness (QED) is 0.178. The van der Waals surface area contributed by atoms with Crippen LogP contribution in [-0.2, 0) is 19.1 Å². The zero-order chi connectivity index (χ0) is 31.7. The van der Waals surface area contributed by atoms with Gasteiger partial charge in [0.2, 0.25) is 5.91 Å². The summed E-state index contributed by atoms with van der Waals surface area (Å²) < 4.78 is 30.5. The highest BCUT2D eigenvalue weighted by Gasteiger charge is 2.21. The zero-order valence-corrected chi connectivity index (χ0v) is 25.7. The molecule has 0 atom stereocenters. The summed E-state index contributed by atoms with van der Waals surface area (Å²) in [6.45, 7) is 6.78. The Morgan fingerprint density at radius 1 is 1.23 bits per heavy atom. The number of nitrogens with zero attached hydrogens (tertiary/aromatic N) is 3. The van der Waals surface area contributed by atoms with E-state index in [1.807, 2.05) is 0 Å². The Balaban J connectivity index is 1.58. The van der Waals surface area contributed by atoms with Crippen LogP contribution in [-0.4, -0.2) is 83.0 Å². The number of hydrogen-bond donors (Lipinski definition) is 3. The highest BCUT2D eigenvalue weighted by atomic mass is 35.5. The second-order valence-electron chi connectivity index (χ2n) is 10.9. The summed E-state index contributed by atoms with van der Waals surface area (Å²) in [6, 6.07) is 7.68. The van der Waals surface area contributed by atoms with Gasteiger partial charge >= 0.3 is 5.97 Å². The molecule has 1 aromatic heterocycles. The molecule has 0 saturated carbocycles. The molecule has 3 aromatic rings. The van der Waals surface area contributed by atoms with Gasteiger partial charge in [0, 0.05) is 49.1 Å². The molecule has 1 fully saturated rings. The number of fused-ring (bicyclic) bond motifs is 1. The first-order valence-electron chi connectivity index (χ1n) is 14.3. The Bertz CT molecular complexity index is 1490. The van der Waals surface area contributed by atoms with Crippen LogP contribution in [0.2, 0.25) is 5.02 Å². The number of rotatable bonds is 13. The second kappa shape index (κ2) is 15.2. The van der Waals surface area contributed by atoms with Crippen LogP contribution >= 0.6 is 11.6 Å². The van der Waals surface area contributed by atoms with Crippen molar-refractivity contribution >= 4 is 51.6 Å². The molecule has 1 aliphatic rings. The number of carbonyl (C=O) groups is 2. The lowest BCUT2D eigenvalue weighted by molar-refractivity contribution is -0.144. The number of amides is 1. The van der Waals surface area contributed by atoms with Gasteiger partial charge in [-0.05, 0) is 45.0 Å². The largest absolute Gasteiger partial charge is 0.488 e. The Hall–Kier alpha value is -3.84. The third-order valence-electron chi connectivity index (χ3n) is 6.54. The van der Waals surface area contributed by atoms with E-state index in [4.69, 9.17) is 25.8 Å². The van der Waals surface area contributed by atoms with E-state index in [0.717, 1.165) is 0 Å². The molecule has 0 spiro atoms. The molecule has 1 aliphatic heterocycles. The maximum absolute atomic E-state index is 13.7. The Morgan fingerprint density at radius 2 is 2.00 bits per heavy atom. The average Bonchev–Trinajstić information content (AvgIpc) is 2.95. The fraction of sp³-hybridized carbons (Fsp3) is 0.419. The van der Waals surface area contributed by atoms with Crippen LogP contribution in [0.5, 0.6) is 5.75 Å². The molecule has 2 aromatic carbocycles. The molecule has 4 rings (SSSR count). The van der Waals surface area contributed by atoms with Crippen molar-refractivity contribution in [1.82, 2.24) is 14.9 Å². The van der Waals surface area contributed by atoms with Crippen molar-refractivity contribution in [3.8, 4) is 5.75 Å². The molecule has 3 N–H and O–H groups in total. The van der Waals surface area contributed by atoms with E-state index in [9.17, 15) is 19.1 Å². The summed E-state index contributed by atoms with van der Waals surface area (Å²) in [5.41, 5.74) is 0.420. The topological polar surface area (TPSA) is 135 Å². The van der Waals surface area contributed by atoms with Crippen molar-refractivity contribution in [3.63, 3.8) is 0 Å².